The fourth-order valence-corrected chi connectivity index (χ4v) is 3.05. The Balaban J connectivity index is 2.63. The molecule has 0 saturated heterocycles. The first-order valence-electron chi connectivity index (χ1n) is 9.41. The van der Waals surface area contributed by atoms with Crippen LogP contribution in [0.4, 0.5) is 0 Å². The number of carboxylic acids is 2. The molecule has 0 aromatic heterocycles. The zero-order valence-corrected chi connectivity index (χ0v) is 17.4. The molecule has 4 N–H and O–H groups in total. The Labute approximate surface area is 182 Å². The topological polar surface area (TPSA) is 168 Å². The number of phenols is 2. The number of hydrogen-bond acceptors (Lipinski definition) is 8. The monoisotopic (exact) mass is 446 g/mol. The molecule has 0 atom stereocenters. The predicted octanol–water partition coefficient (Wildman–Crippen LogP) is 2.88. The molecule has 0 amide bonds. The smallest absolute Gasteiger partial charge is 0.303 e. The molecule has 0 aliphatic carbocycles. The van der Waals surface area contributed by atoms with E-state index in [1.807, 2.05) is 0 Å². The van der Waals surface area contributed by atoms with Crippen molar-refractivity contribution in [2.24, 2.45) is 0 Å². The van der Waals surface area contributed by atoms with Crippen molar-refractivity contribution < 1.29 is 49.1 Å². The number of carboxylic acid groups (broad SMARTS) is 2. The fourth-order valence-electron chi connectivity index (χ4n) is 3.05. The number of rotatable bonds is 11. The second-order valence-corrected chi connectivity index (χ2v) is 6.77. The summed E-state index contributed by atoms with van der Waals surface area (Å²) in [6.45, 7) is 0. The van der Waals surface area contributed by atoms with Crippen LogP contribution in [0.3, 0.4) is 0 Å². The van der Waals surface area contributed by atoms with E-state index in [2.05, 4.69) is 0 Å². The van der Waals surface area contributed by atoms with Crippen molar-refractivity contribution in [2.75, 3.05) is 14.2 Å². The molecule has 0 bridgehead atoms. The first-order valence-corrected chi connectivity index (χ1v) is 9.41. The summed E-state index contributed by atoms with van der Waals surface area (Å²) < 4.78 is 10.6. The minimum atomic E-state index is -1.17. The van der Waals surface area contributed by atoms with Crippen LogP contribution >= 0.6 is 0 Å². The van der Waals surface area contributed by atoms with Crippen LogP contribution in [-0.4, -0.2) is 58.2 Å². The van der Waals surface area contributed by atoms with Crippen LogP contribution in [0, 0.1) is 0 Å². The highest BCUT2D eigenvalue weighted by molar-refractivity contribution is 6.03. The molecule has 0 unspecified atom stereocenters. The number of carbonyl (C=O) groups is 4. The molecule has 10 heteroatoms. The third kappa shape index (κ3) is 5.54. The van der Waals surface area contributed by atoms with Gasteiger partial charge < -0.3 is 29.9 Å². The van der Waals surface area contributed by atoms with Gasteiger partial charge >= 0.3 is 11.9 Å². The standard InChI is InChI=1S/C22H22O10/c1-31-19-9-17(25)13(15(23)3-5-21(27)28)7-11(19)12-8-14(16(24)4-6-22(29)30)18(26)10-20(12)32-2/h7-10,25-26H,3-6H2,1-2H3,(H,27,28)(H,29,30). The van der Waals surface area contributed by atoms with Gasteiger partial charge in [-0.25, -0.2) is 0 Å². The van der Waals surface area contributed by atoms with Gasteiger partial charge in [0.15, 0.2) is 11.6 Å². The van der Waals surface area contributed by atoms with Crippen molar-refractivity contribution in [3.05, 3.63) is 35.4 Å². The molecule has 0 saturated carbocycles. The van der Waals surface area contributed by atoms with Gasteiger partial charge in [-0.3, -0.25) is 19.2 Å². The largest absolute Gasteiger partial charge is 0.507 e. The Kier molecular flexibility index (Phi) is 7.78. The van der Waals surface area contributed by atoms with Crippen molar-refractivity contribution in [2.45, 2.75) is 25.7 Å². The first kappa shape index (κ1) is 24.2. The first-order chi connectivity index (χ1) is 15.1. The number of hydrogen-bond donors (Lipinski definition) is 4. The molecule has 2 rings (SSSR count). The number of aliphatic carboxylic acids is 2. The molecule has 0 spiro atoms. The molecule has 10 nitrogen and oxygen atoms in total. The van der Waals surface area contributed by atoms with E-state index in [1.165, 1.54) is 38.5 Å². The number of Topliss-reactive ketones (excluding diaryl/α,β-unsaturated/α-hetero) is 2. The van der Waals surface area contributed by atoms with Crippen molar-refractivity contribution in [3.8, 4) is 34.1 Å². The van der Waals surface area contributed by atoms with E-state index in [0.717, 1.165) is 0 Å². The maximum atomic E-state index is 12.4. The predicted molar refractivity (Wildman–Crippen MR) is 111 cm³/mol. The van der Waals surface area contributed by atoms with E-state index < -0.39 is 47.8 Å². The minimum Gasteiger partial charge on any atom is -0.507 e. The molecule has 32 heavy (non-hydrogen) atoms. The second kappa shape index (κ2) is 10.3. The van der Waals surface area contributed by atoms with E-state index >= 15 is 0 Å². The lowest BCUT2D eigenvalue weighted by atomic mass is 9.94. The van der Waals surface area contributed by atoms with Gasteiger partial charge in [-0.1, -0.05) is 0 Å². The maximum absolute atomic E-state index is 12.4. The van der Waals surface area contributed by atoms with Gasteiger partial charge in [-0.2, -0.15) is 0 Å². The molecule has 0 aliphatic rings. The molecule has 0 heterocycles. The summed E-state index contributed by atoms with van der Waals surface area (Å²) in [5.41, 5.74) is 0.146. The van der Waals surface area contributed by atoms with E-state index in [0.29, 0.717) is 0 Å². The van der Waals surface area contributed by atoms with Crippen molar-refractivity contribution in [1.82, 2.24) is 0 Å². The van der Waals surface area contributed by atoms with Gasteiger partial charge in [-0.05, 0) is 12.1 Å². The van der Waals surface area contributed by atoms with Crippen molar-refractivity contribution >= 4 is 23.5 Å². The van der Waals surface area contributed by atoms with Gasteiger partial charge in [0.1, 0.15) is 23.0 Å². The highest BCUT2D eigenvalue weighted by Gasteiger charge is 2.23. The lowest BCUT2D eigenvalue weighted by Crippen LogP contribution is -2.06. The Bertz CT molecular complexity index is 985. The van der Waals surface area contributed by atoms with Gasteiger partial charge in [-0.15, -0.1) is 0 Å². The van der Waals surface area contributed by atoms with E-state index in [1.54, 1.807) is 0 Å². The molecular formula is C22H22O10. The average Bonchev–Trinajstić information content (AvgIpc) is 2.75. The highest BCUT2D eigenvalue weighted by atomic mass is 16.5. The number of aromatic hydroxyl groups is 2. The van der Waals surface area contributed by atoms with Crippen LogP contribution in [0.5, 0.6) is 23.0 Å². The number of ether oxygens (including phenoxy) is 2. The quantitative estimate of drug-likeness (QED) is 0.377. The third-order valence-electron chi connectivity index (χ3n) is 4.66. The van der Waals surface area contributed by atoms with Crippen molar-refractivity contribution in [1.29, 1.82) is 0 Å². The van der Waals surface area contributed by atoms with Crippen LogP contribution in [-0.2, 0) is 9.59 Å². The Morgan fingerprint density at radius 2 is 1.00 bits per heavy atom. The van der Waals surface area contributed by atoms with E-state index in [4.69, 9.17) is 19.7 Å². The van der Waals surface area contributed by atoms with Gasteiger partial charge in [0.05, 0.1) is 38.2 Å². The molecule has 2 aromatic carbocycles. The maximum Gasteiger partial charge on any atom is 0.303 e. The molecule has 2 aromatic rings. The van der Waals surface area contributed by atoms with Crippen LogP contribution in [0.1, 0.15) is 46.4 Å². The highest BCUT2D eigenvalue weighted by Crippen LogP contribution is 2.43. The number of carbonyl (C=O) groups excluding carboxylic acids is 2. The number of methoxy groups -OCH3 is 2. The number of phenolic OH excluding ortho intramolecular Hbond substituents is 2. The summed E-state index contributed by atoms with van der Waals surface area (Å²) in [7, 11) is 2.63. The summed E-state index contributed by atoms with van der Waals surface area (Å²) in [5.74, 6) is -4.19. The number of benzene rings is 2. The lowest BCUT2D eigenvalue weighted by Gasteiger charge is -2.17. The number of ketones is 2. The Morgan fingerprint density at radius 1 is 0.656 bits per heavy atom. The molecule has 170 valence electrons. The summed E-state index contributed by atoms with van der Waals surface area (Å²) in [4.78, 5) is 46.4. The molecule has 0 fully saturated rings. The third-order valence-corrected chi connectivity index (χ3v) is 4.66. The van der Waals surface area contributed by atoms with Crippen molar-refractivity contribution in [3.63, 3.8) is 0 Å². The van der Waals surface area contributed by atoms with Gasteiger partial charge in [0.2, 0.25) is 0 Å². The summed E-state index contributed by atoms with van der Waals surface area (Å²) in [6, 6.07) is 4.89. The fraction of sp³-hybridized carbons (Fsp3) is 0.273. The summed E-state index contributed by atoms with van der Waals surface area (Å²) in [5, 5.41) is 38.1. The van der Waals surface area contributed by atoms with Gasteiger partial charge in [0, 0.05) is 36.1 Å². The Morgan fingerprint density at radius 3 is 1.28 bits per heavy atom. The van der Waals surface area contributed by atoms with E-state index in [-0.39, 0.29) is 46.6 Å². The van der Waals surface area contributed by atoms with Crippen LogP contribution < -0.4 is 9.47 Å². The van der Waals surface area contributed by atoms with Crippen LogP contribution in [0.25, 0.3) is 11.1 Å². The van der Waals surface area contributed by atoms with E-state index in [9.17, 15) is 29.4 Å². The Hall–Kier alpha value is -4.08. The second-order valence-electron chi connectivity index (χ2n) is 6.77. The molecular weight excluding hydrogens is 424 g/mol. The summed E-state index contributed by atoms with van der Waals surface area (Å²) in [6.07, 6.45) is -1.55. The summed E-state index contributed by atoms with van der Waals surface area (Å²) >= 11 is 0. The molecule has 0 radical (unpaired) electrons. The average molecular weight is 446 g/mol. The SMILES string of the molecule is COc1cc(O)c(C(=O)CCC(=O)O)cc1-c1cc(C(=O)CCC(=O)O)c(O)cc1OC. The normalized spacial score (nSPS) is 10.4. The van der Waals surface area contributed by atoms with Crippen LogP contribution in [0.2, 0.25) is 0 Å². The van der Waals surface area contributed by atoms with Crippen LogP contribution in [0.15, 0.2) is 24.3 Å². The zero-order chi connectivity index (χ0) is 24.0. The minimum absolute atomic E-state index is 0.116. The zero-order valence-electron chi connectivity index (χ0n) is 17.4. The van der Waals surface area contributed by atoms with Gasteiger partial charge in [0.25, 0.3) is 0 Å². The molecule has 0 aliphatic heterocycles. The lowest BCUT2D eigenvalue weighted by molar-refractivity contribution is -0.137.